The van der Waals surface area contributed by atoms with Crippen molar-refractivity contribution in [3.63, 3.8) is 0 Å². The summed E-state index contributed by atoms with van der Waals surface area (Å²) >= 11 is 0. The molecule has 2 aliphatic rings. The number of carbonyl (C=O) groups is 1. The quantitative estimate of drug-likeness (QED) is 0.585. The molecule has 2 aliphatic heterocycles. The molecule has 0 saturated carbocycles. The zero-order valence-corrected chi connectivity index (χ0v) is 7.40. The number of carbonyl (C=O) groups excluding carboxylic acids is 1. The second kappa shape index (κ2) is 3.17. The van der Waals surface area contributed by atoms with Gasteiger partial charge in [-0.3, -0.25) is 4.79 Å². The number of esters is 1. The molecule has 0 saturated heterocycles. The smallest absolute Gasteiger partial charge is 0.320 e. The molecule has 0 spiro atoms. The van der Waals surface area contributed by atoms with Crippen LogP contribution in [0.5, 0.6) is 0 Å². The molecular weight excluding hydrogens is 187 g/mol. The summed E-state index contributed by atoms with van der Waals surface area (Å²) in [7, 11) is 1.22. The van der Waals surface area contributed by atoms with Gasteiger partial charge in [0.25, 0.3) is 0 Å². The number of rotatable bonds is 1. The van der Waals surface area contributed by atoms with Gasteiger partial charge in [0.2, 0.25) is 0 Å². The van der Waals surface area contributed by atoms with Crippen molar-refractivity contribution in [2.75, 3.05) is 7.11 Å². The van der Waals surface area contributed by atoms with Gasteiger partial charge in [0.15, 0.2) is 5.84 Å². The van der Waals surface area contributed by atoms with Crippen LogP contribution in [0, 0.1) is 5.92 Å². The summed E-state index contributed by atoms with van der Waals surface area (Å²) in [5.41, 5.74) is 0.455. The number of allylic oxidation sites excluding steroid dienone is 1. The second-order valence-corrected chi connectivity index (χ2v) is 2.82. The number of fused-ring (bicyclic) bond motifs is 1. The Morgan fingerprint density at radius 1 is 1.64 bits per heavy atom. The van der Waals surface area contributed by atoms with Gasteiger partial charge in [-0.2, -0.15) is 0 Å². The van der Waals surface area contributed by atoms with E-state index in [9.17, 15) is 9.18 Å². The van der Waals surface area contributed by atoms with Crippen LogP contribution in [-0.2, 0) is 9.53 Å². The predicted molar refractivity (Wildman–Crippen MR) is 48.7 cm³/mol. The van der Waals surface area contributed by atoms with E-state index < -0.39 is 17.7 Å². The molecule has 0 fully saturated rings. The van der Waals surface area contributed by atoms with Crippen LogP contribution in [0.1, 0.15) is 0 Å². The molecule has 0 aliphatic carbocycles. The lowest BCUT2D eigenvalue weighted by atomic mass is 9.96. The summed E-state index contributed by atoms with van der Waals surface area (Å²) in [4.78, 5) is 18.9. The number of ether oxygens (including phenoxy) is 1. The molecule has 0 radical (unpaired) electrons. The number of aliphatic imine (C=N–C) groups is 2. The summed E-state index contributed by atoms with van der Waals surface area (Å²) in [5.74, 6) is -1.88. The monoisotopic (exact) mass is 194 g/mol. The molecule has 0 amide bonds. The molecule has 0 unspecified atom stereocenters. The fraction of sp³-hybridized carbons (Fsp3) is 0.222. The topological polar surface area (TPSA) is 51.0 Å². The van der Waals surface area contributed by atoms with E-state index in [0.29, 0.717) is 11.4 Å². The third-order valence-electron chi connectivity index (χ3n) is 2.04. The summed E-state index contributed by atoms with van der Waals surface area (Å²) in [6.07, 6.45) is 4.04. The lowest BCUT2D eigenvalue weighted by molar-refractivity contribution is -0.143. The van der Waals surface area contributed by atoms with Crippen molar-refractivity contribution in [3.05, 3.63) is 23.7 Å². The van der Waals surface area contributed by atoms with Gasteiger partial charge in [0, 0.05) is 11.8 Å². The van der Waals surface area contributed by atoms with Gasteiger partial charge in [-0.15, -0.1) is 0 Å². The van der Waals surface area contributed by atoms with Crippen molar-refractivity contribution < 1.29 is 13.9 Å². The molecule has 1 atom stereocenters. The minimum Gasteiger partial charge on any atom is -0.468 e. The standard InChI is InChI=1S/C9H7FN2O2/c1-14-9(13)7-5-2-3-11-8(5)12-4-6(7)10/h2-4,7H,1H3/t7-/m0/s1. The maximum absolute atomic E-state index is 13.3. The van der Waals surface area contributed by atoms with E-state index in [2.05, 4.69) is 14.7 Å². The maximum Gasteiger partial charge on any atom is 0.320 e. The first kappa shape index (κ1) is 8.80. The van der Waals surface area contributed by atoms with Crippen LogP contribution in [0.3, 0.4) is 0 Å². The van der Waals surface area contributed by atoms with Crippen molar-refractivity contribution in [3.8, 4) is 0 Å². The molecule has 5 heteroatoms. The molecule has 2 heterocycles. The Kier molecular flexibility index (Phi) is 1.99. The third kappa shape index (κ3) is 1.17. The first-order chi connectivity index (χ1) is 6.74. The fourth-order valence-corrected chi connectivity index (χ4v) is 1.37. The maximum atomic E-state index is 13.3. The molecule has 4 nitrogen and oxygen atoms in total. The lowest BCUT2D eigenvalue weighted by Gasteiger charge is -2.16. The minimum absolute atomic E-state index is 0.377. The molecule has 0 aromatic carbocycles. The highest BCUT2D eigenvalue weighted by atomic mass is 19.1. The van der Waals surface area contributed by atoms with E-state index >= 15 is 0 Å². The van der Waals surface area contributed by atoms with Crippen molar-refractivity contribution >= 4 is 18.0 Å². The first-order valence-corrected chi connectivity index (χ1v) is 4.00. The van der Waals surface area contributed by atoms with Gasteiger partial charge in [0.1, 0.15) is 11.7 Å². The van der Waals surface area contributed by atoms with E-state index in [1.54, 1.807) is 6.08 Å². The number of hydrogen-bond donors (Lipinski definition) is 0. The van der Waals surface area contributed by atoms with Crippen molar-refractivity contribution in [2.45, 2.75) is 0 Å². The van der Waals surface area contributed by atoms with Gasteiger partial charge >= 0.3 is 5.97 Å². The van der Waals surface area contributed by atoms with Crippen LogP contribution in [0.2, 0.25) is 0 Å². The summed E-state index contributed by atoms with van der Waals surface area (Å²) in [5, 5.41) is 0. The van der Waals surface area contributed by atoms with Crippen molar-refractivity contribution in [1.29, 1.82) is 0 Å². The summed E-state index contributed by atoms with van der Waals surface area (Å²) in [6.45, 7) is 0. The molecule has 0 aromatic rings. The van der Waals surface area contributed by atoms with Crippen LogP contribution in [0.25, 0.3) is 0 Å². The van der Waals surface area contributed by atoms with E-state index in [0.717, 1.165) is 6.20 Å². The minimum atomic E-state index is -1.00. The highest BCUT2D eigenvalue weighted by molar-refractivity contribution is 6.15. The number of nitrogens with zero attached hydrogens (tertiary/aromatic N) is 2. The van der Waals surface area contributed by atoms with Crippen molar-refractivity contribution in [1.82, 2.24) is 0 Å². The Morgan fingerprint density at radius 2 is 2.43 bits per heavy atom. The number of methoxy groups -OCH3 is 1. The number of halogens is 1. The van der Waals surface area contributed by atoms with Crippen LogP contribution in [0.15, 0.2) is 33.7 Å². The van der Waals surface area contributed by atoms with E-state index in [-0.39, 0.29) is 0 Å². The highest BCUT2D eigenvalue weighted by Crippen LogP contribution is 2.30. The Bertz CT molecular complexity index is 407. The highest BCUT2D eigenvalue weighted by Gasteiger charge is 2.34. The zero-order valence-electron chi connectivity index (χ0n) is 7.40. The number of hydrogen-bond acceptors (Lipinski definition) is 4. The van der Waals surface area contributed by atoms with Gasteiger partial charge in [-0.05, 0) is 6.08 Å². The van der Waals surface area contributed by atoms with Crippen LogP contribution >= 0.6 is 0 Å². The Labute approximate surface area is 79.5 Å². The van der Waals surface area contributed by atoms with E-state index in [1.165, 1.54) is 13.3 Å². The molecule has 0 aromatic heterocycles. The molecule has 0 bridgehead atoms. The third-order valence-corrected chi connectivity index (χ3v) is 2.04. The lowest BCUT2D eigenvalue weighted by Crippen LogP contribution is -2.24. The average Bonchev–Trinajstić information content (AvgIpc) is 2.64. The SMILES string of the molecule is COC(=O)[C@@H]1C(F)=CN=C2N=CC=C21. The molecular formula is C9H7FN2O2. The second-order valence-electron chi connectivity index (χ2n) is 2.82. The average molecular weight is 194 g/mol. The largest absolute Gasteiger partial charge is 0.468 e. The molecule has 0 N–H and O–H groups in total. The predicted octanol–water partition coefficient (Wildman–Crippen LogP) is 1.01. The van der Waals surface area contributed by atoms with Gasteiger partial charge in [-0.1, -0.05) is 0 Å². The van der Waals surface area contributed by atoms with Crippen LogP contribution in [-0.4, -0.2) is 25.1 Å². The number of amidine groups is 1. The zero-order chi connectivity index (χ0) is 10.1. The van der Waals surface area contributed by atoms with Crippen LogP contribution < -0.4 is 0 Å². The Balaban J connectivity index is 2.39. The van der Waals surface area contributed by atoms with Crippen LogP contribution in [0.4, 0.5) is 4.39 Å². The van der Waals surface area contributed by atoms with Gasteiger partial charge in [-0.25, -0.2) is 14.4 Å². The molecule has 14 heavy (non-hydrogen) atoms. The van der Waals surface area contributed by atoms with E-state index in [1.807, 2.05) is 0 Å². The Morgan fingerprint density at radius 3 is 3.14 bits per heavy atom. The van der Waals surface area contributed by atoms with E-state index in [4.69, 9.17) is 0 Å². The molecule has 2 rings (SSSR count). The summed E-state index contributed by atoms with van der Waals surface area (Å²) in [6, 6.07) is 0. The van der Waals surface area contributed by atoms with Crippen molar-refractivity contribution in [2.24, 2.45) is 15.9 Å². The fourth-order valence-electron chi connectivity index (χ4n) is 1.37. The first-order valence-electron chi connectivity index (χ1n) is 4.00. The molecule has 72 valence electrons. The van der Waals surface area contributed by atoms with Gasteiger partial charge in [0.05, 0.1) is 13.3 Å². The normalized spacial score (nSPS) is 23.6. The Hall–Kier alpha value is -1.78. The summed E-state index contributed by atoms with van der Waals surface area (Å²) < 4.78 is 17.8. The van der Waals surface area contributed by atoms with Gasteiger partial charge < -0.3 is 4.74 Å².